The Hall–Kier alpha value is -1.97. The van der Waals surface area contributed by atoms with E-state index >= 15 is 0 Å². The molecular weight excluding hydrogens is 265 g/mol. The summed E-state index contributed by atoms with van der Waals surface area (Å²) in [6, 6.07) is 6.58. The summed E-state index contributed by atoms with van der Waals surface area (Å²) < 4.78 is 13.3. The predicted octanol–water partition coefficient (Wildman–Crippen LogP) is 4.07. The molecule has 0 spiro atoms. The molecule has 0 fully saturated rings. The van der Waals surface area contributed by atoms with Gasteiger partial charge in [-0.15, -0.1) is 0 Å². The summed E-state index contributed by atoms with van der Waals surface area (Å²) in [6.07, 6.45) is 0.537. The average Bonchev–Trinajstić information content (AvgIpc) is 2.38. The number of hydrogen-bond donors (Lipinski definition) is 1. The van der Waals surface area contributed by atoms with Gasteiger partial charge in [0.25, 0.3) is 0 Å². The molecule has 1 heterocycles. The van der Waals surface area contributed by atoms with E-state index in [-0.39, 0.29) is 5.82 Å². The van der Waals surface area contributed by atoms with E-state index in [9.17, 15) is 4.39 Å². The highest BCUT2D eigenvalue weighted by atomic mass is 19.1. The average molecular weight is 287 g/mol. The zero-order valence-electron chi connectivity index (χ0n) is 13.1. The molecule has 0 radical (unpaired) electrons. The summed E-state index contributed by atoms with van der Waals surface area (Å²) in [5.41, 5.74) is 3.02. The minimum atomic E-state index is -0.227. The first-order chi connectivity index (χ1) is 10.0. The zero-order valence-corrected chi connectivity index (χ0v) is 13.1. The lowest BCUT2D eigenvalue weighted by atomic mass is 10.0. The largest absolute Gasteiger partial charge is 0.370 e. The zero-order chi connectivity index (χ0) is 15.4. The fourth-order valence-corrected chi connectivity index (χ4v) is 2.54. The molecule has 0 aliphatic heterocycles. The Morgan fingerprint density at radius 3 is 2.62 bits per heavy atom. The number of anilines is 1. The van der Waals surface area contributed by atoms with Crippen LogP contribution in [-0.2, 0) is 6.42 Å². The van der Waals surface area contributed by atoms with E-state index in [2.05, 4.69) is 29.1 Å². The Morgan fingerprint density at radius 1 is 1.24 bits per heavy atom. The number of halogens is 1. The Morgan fingerprint density at radius 2 is 2.00 bits per heavy atom. The second-order valence-corrected chi connectivity index (χ2v) is 5.48. The first-order valence-corrected chi connectivity index (χ1v) is 7.37. The maximum absolute atomic E-state index is 13.3. The van der Waals surface area contributed by atoms with Gasteiger partial charge >= 0.3 is 0 Å². The van der Waals surface area contributed by atoms with Crippen LogP contribution in [0.5, 0.6) is 0 Å². The molecule has 112 valence electrons. The first-order valence-electron chi connectivity index (χ1n) is 7.37. The fourth-order valence-electron chi connectivity index (χ4n) is 2.54. The Kier molecular flexibility index (Phi) is 4.89. The van der Waals surface area contributed by atoms with Gasteiger partial charge in [-0.25, -0.2) is 14.4 Å². The van der Waals surface area contributed by atoms with Gasteiger partial charge < -0.3 is 5.32 Å². The quantitative estimate of drug-likeness (QED) is 0.900. The van der Waals surface area contributed by atoms with Crippen LogP contribution in [0.2, 0.25) is 0 Å². The Bertz CT molecular complexity index is 623. The van der Waals surface area contributed by atoms with Crippen LogP contribution in [0.1, 0.15) is 49.3 Å². The summed E-state index contributed by atoms with van der Waals surface area (Å²) >= 11 is 0. The number of rotatable bonds is 5. The lowest BCUT2D eigenvalue weighted by Gasteiger charge is -2.16. The molecular formula is C17H22FN3. The van der Waals surface area contributed by atoms with Crippen molar-refractivity contribution in [2.75, 3.05) is 11.9 Å². The van der Waals surface area contributed by atoms with Crippen LogP contribution in [0.25, 0.3) is 0 Å². The van der Waals surface area contributed by atoms with Crippen molar-refractivity contribution in [1.29, 1.82) is 0 Å². The minimum absolute atomic E-state index is 0.227. The second-order valence-electron chi connectivity index (χ2n) is 5.48. The van der Waals surface area contributed by atoms with E-state index in [1.165, 1.54) is 12.1 Å². The molecule has 0 bridgehead atoms. The molecule has 0 saturated carbocycles. The maximum Gasteiger partial charge on any atom is 0.135 e. The van der Waals surface area contributed by atoms with Crippen molar-refractivity contribution in [2.24, 2.45) is 0 Å². The molecule has 1 aromatic heterocycles. The van der Waals surface area contributed by atoms with Gasteiger partial charge in [-0.3, -0.25) is 0 Å². The van der Waals surface area contributed by atoms with Crippen LogP contribution in [0, 0.1) is 12.7 Å². The molecule has 0 saturated heterocycles. The van der Waals surface area contributed by atoms with Crippen LogP contribution in [0.15, 0.2) is 24.3 Å². The molecule has 1 N–H and O–H groups in total. The number of aromatic nitrogens is 2. The number of hydrogen-bond acceptors (Lipinski definition) is 3. The SMILES string of the molecule is CCNc1nc(Cc2cccc(F)c2)nc(C)c1C(C)C. The van der Waals surface area contributed by atoms with E-state index in [1.807, 2.05) is 19.9 Å². The van der Waals surface area contributed by atoms with Crippen LogP contribution in [0.4, 0.5) is 10.2 Å². The Balaban J connectivity index is 2.36. The van der Waals surface area contributed by atoms with Crippen molar-refractivity contribution in [3.8, 4) is 0 Å². The molecule has 3 nitrogen and oxygen atoms in total. The topological polar surface area (TPSA) is 37.8 Å². The van der Waals surface area contributed by atoms with Crippen molar-refractivity contribution >= 4 is 5.82 Å². The normalized spacial score (nSPS) is 11.0. The third kappa shape index (κ3) is 3.78. The lowest BCUT2D eigenvalue weighted by molar-refractivity contribution is 0.625. The summed E-state index contributed by atoms with van der Waals surface area (Å²) in [7, 11) is 0. The molecule has 0 unspecified atom stereocenters. The van der Waals surface area contributed by atoms with Gasteiger partial charge in [0, 0.05) is 24.2 Å². The molecule has 0 amide bonds. The van der Waals surface area contributed by atoms with Gasteiger partial charge in [0.1, 0.15) is 17.5 Å². The second kappa shape index (κ2) is 6.66. The molecule has 0 aliphatic rings. The molecule has 0 aliphatic carbocycles. The number of nitrogens with zero attached hydrogens (tertiary/aromatic N) is 2. The minimum Gasteiger partial charge on any atom is -0.370 e. The van der Waals surface area contributed by atoms with E-state index in [1.54, 1.807) is 6.07 Å². The van der Waals surface area contributed by atoms with Crippen molar-refractivity contribution < 1.29 is 4.39 Å². The van der Waals surface area contributed by atoms with Gasteiger partial charge in [0.05, 0.1) is 0 Å². The van der Waals surface area contributed by atoms with Crippen LogP contribution >= 0.6 is 0 Å². The van der Waals surface area contributed by atoms with Crippen molar-refractivity contribution in [3.63, 3.8) is 0 Å². The molecule has 1 aromatic carbocycles. The van der Waals surface area contributed by atoms with Crippen molar-refractivity contribution in [3.05, 3.63) is 52.7 Å². The summed E-state index contributed by atoms with van der Waals surface area (Å²) in [5, 5.41) is 3.31. The molecule has 21 heavy (non-hydrogen) atoms. The highest BCUT2D eigenvalue weighted by Gasteiger charge is 2.14. The molecule has 0 atom stereocenters. The van der Waals surface area contributed by atoms with E-state index in [4.69, 9.17) is 0 Å². The maximum atomic E-state index is 13.3. The number of aryl methyl sites for hydroxylation is 1. The third-order valence-electron chi connectivity index (χ3n) is 3.36. The lowest BCUT2D eigenvalue weighted by Crippen LogP contribution is -2.11. The van der Waals surface area contributed by atoms with Gasteiger partial charge in [-0.05, 0) is 37.5 Å². The van der Waals surface area contributed by atoms with Crippen LogP contribution in [0.3, 0.4) is 0 Å². The van der Waals surface area contributed by atoms with Gasteiger partial charge in [-0.1, -0.05) is 26.0 Å². The fraction of sp³-hybridized carbons (Fsp3) is 0.412. The molecule has 2 aromatic rings. The highest BCUT2D eigenvalue weighted by molar-refractivity contribution is 5.48. The van der Waals surface area contributed by atoms with E-state index in [0.29, 0.717) is 12.3 Å². The first kappa shape index (κ1) is 15.4. The van der Waals surface area contributed by atoms with Gasteiger partial charge in [-0.2, -0.15) is 0 Å². The van der Waals surface area contributed by atoms with E-state index < -0.39 is 0 Å². The van der Waals surface area contributed by atoms with E-state index in [0.717, 1.165) is 35.0 Å². The third-order valence-corrected chi connectivity index (χ3v) is 3.36. The van der Waals surface area contributed by atoms with Crippen LogP contribution < -0.4 is 5.32 Å². The summed E-state index contributed by atoms with van der Waals surface area (Å²) in [5.74, 6) is 1.75. The highest BCUT2D eigenvalue weighted by Crippen LogP contribution is 2.25. The van der Waals surface area contributed by atoms with Gasteiger partial charge in [0.2, 0.25) is 0 Å². The summed E-state index contributed by atoms with van der Waals surface area (Å²) in [6.45, 7) is 9.15. The molecule has 2 rings (SSSR count). The standard InChI is InChI=1S/C17H22FN3/c1-5-19-17-16(11(2)3)12(4)20-15(21-17)10-13-7-6-8-14(18)9-13/h6-9,11H,5,10H2,1-4H3,(H,19,20,21). The van der Waals surface area contributed by atoms with Gasteiger partial charge in [0.15, 0.2) is 0 Å². The van der Waals surface area contributed by atoms with Crippen LogP contribution in [-0.4, -0.2) is 16.5 Å². The molecule has 4 heteroatoms. The number of nitrogens with one attached hydrogen (secondary N) is 1. The van der Waals surface area contributed by atoms with Crippen molar-refractivity contribution in [2.45, 2.75) is 40.0 Å². The van der Waals surface area contributed by atoms with Crippen molar-refractivity contribution in [1.82, 2.24) is 9.97 Å². The summed E-state index contributed by atoms with van der Waals surface area (Å²) in [4.78, 5) is 9.21. The predicted molar refractivity (Wildman–Crippen MR) is 84.2 cm³/mol. The smallest absolute Gasteiger partial charge is 0.135 e. The Labute approximate surface area is 125 Å². The number of benzene rings is 1. The monoisotopic (exact) mass is 287 g/mol.